The van der Waals surface area contributed by atoms with Crippen molar-refractivity contribution in [1.82, 2.24) is 0 Å². The molecule has 2 heterocycles. The summed E-state index contributed by atoms with van der Waals surface area (Å²) >= 11 is 5.92. The number of nitrogens with zero attached hydrogens (tertiary/aromatic N) is 1. The molecule has 2 aliphatic rings. The SMILES string of the molecule is O=C(O[C@H]1CCS(=O)(=O)C1)[C@H]1CC(=O)N(c2cccc(Cl)c2)C1. The predicted octanol–water partition coefficient (Wildman–Crippen LogP) is 1.42. The first kappa shape index (κ1) is 16.3. The Kier molecular flexibility index (Phi) is 4.33. The van der Waals surface area contributed by atoms with Crippen LogP contribution in [0.25, 0.3) is 0 Å². The summed E-state index contributed by atoms with van der Waals surface area (Å²) in [4.78, 5) is 25.8. The Bertz CT molecular complexity index is 748. The van der Waals surface area contributed by atoms with E-state index in [9.17, 15) is 18.0 Å². The number of carbonyl (C=O) groups is 2. The molecule has 8 heteroatoms. The smallest absolute Gasteiger partial charge is 0.311 e. The number of rotatable bonds is 3. The Morgan fingerprint density at radius 2 is 2.13 bits per heavy atom. The van der Waals surface area contributed by atoms with Gasteiger partial charge in [-0.05, 0) is 24.6 Å². The van der Waals surface area contributed by atoms with Gasteiger partial charge >= 0.3 is 5.97 Å². The highest BCUT2D eigenvalue weighted by molar-refractivity contribution is 7.91. The minimum absolute atomic E-state index is 0.0448. The Balaban J connectivity index is 1.64. The van der Waals surface area contributed by atoms with E-state index < -0.39 is 27.8 Å². The number of anilines is 1. The maximum Gasteiger partial charge on any atom is 0.311 e. The highest BCUT2D eigenvalue weighted by Gasteiger charge is 2.39. The lowest BCUT2D eigenvalue weighted by Crippen LogP contribution is -2.28. The number of hydrogen-bond donors (Lipinski definition) is 0. The second kappa shape index (κ2) is 6.13. The molecule has 0 radical (unpaired) electrons. The summed E-state index contributed by atoms with van der Waals surface area (Å²) in [7, 11) is -3.10. The first-order valence-corrected chi connectivity index (χ1v) is 9.51. The van der Waals surface area contributed by atoms with Gasteiger partial charge in [-0.15, -0.1) is 0 Å². The van der Waals surface area contributed by atoms with E-state index in [1.165, 1.54) is 4.90 Å². The molecule has 124 valence electrons. The van der Waals surface area contributed by atoms with Crippen LogP contribution in [0.1, 0.15) is 12.8 Å². The molecule has 1 aromatic carbocycles. The van der Waals surface area contributed by atoms with Crippen LogP contribution in [0, 0.1) is 5.92 Å². The number of halogens is 1. The molecular formula is C15H16ClNO5S. The average molecular weight is 358 g/mol. The van der Waals surface area contributed by atoms with E-state index in [0.29, 0.717) is 17.1 Å². The van der Waals surface area contributed by atoms with Gasteiger partial charge in [-0.1, -0.05) is 17.7 Å². The number of amides is 1. The van der Waals surface area contributed by atoms with Gasteiger partial charge in [0.25, 0.3) is 0 Å². The number of sulfone groups is 1. The van der Waals surface area contributed by atoms with Crippen LogP contribution in [0.4, 0.5) is 5.69 Å². The van der Waals surface area contributed by atoms with Crippen LogP contribution in [-0.2, 0) is 24.2 Å². The molecule has 2 atom stereocenters. The Morgan fingerprint density at radius 3 is 2.78 bits per heavy atom. The lowest BCUT2D eigenvalue weighted by molar-refractivity contribution is -0.152. The molecule has 2 fully saturated rings. The van der Waals surface area contributed by atoms with Gasteiger partial charge in [-0.3, -0.25) is 9.59 Å². The van der Waals surface area contributed by atoms with E-state index >= 15 is 0 Å². The van der Waals surface area contributed by atoms with Crippen molar-refractivity contribution in [1.29, 1.82) is 0 Å². The van der Waals surface area contributed by atoms with Gasteiger partial charge in [-0.2, -0.15) is 0 Å². The molecule has 0 bridgehead atoms. The quantitative estimate of drug-likeness (QED) is 0.764. The average Bonchev–Trinajstić information content (AvgIpc) is 3.01. The maximum absolute atomic E-state index is 12.2. The molecule has 0 aliphatic carbocycles. The summed E-state index contributed by atoms with van der Waals surface area (Å²) in [6.45, 7) is 0.220. The van der Waals surface area contributed by atoms with Gasteiger partial charge in [0.1, 0.15) is 6.10 Å². The molecule has 2 aliphatic heterocycles. The van der Waals surface area contributed by atoms with Gasteiger partial charge in [0.15, 0.2) is 9.84 Å². The van der Waals surface area contributed by atoms with Crippen molar-refractivity contribution in [2.24, 2.45) is 5.92 Å². The fraction of sp³-hybridized carbons (Fsp3) is 0.467. The second-order valence-electron chi connectivity index (χ2n) is 5.85. The molecule has 6 nitrogen and oxygen atoms in total. The third-order valence-corrected chi connectivity index (χ3v) is 6.02. The van der Waals surface area contributed by atoms with E-state index in [4.69, 9.17) is 16.3 Å². The predicted molar refractivity (Wildman–Crippen MR) is 85.1 cm³/mol. The van der Waals surface area contributed by atoms with Crippen LogP contribution in [0.5, 0.6) is 0 Å². The molecule has 0 aromatic heterocycles. The van der Waals surface area contributed by atoms with Crippen molar-refractivity contribution in [3.63, 3.8) is 0 Å². The Morgan fingerprint density at radius 1 is 1.35 bits per heavy atom. The standard InChI is InChI=1S/C15H16ClNO5S/c16-11-2-1-3-12(7-11)17-8-10(6-14(17)18)15(19)22-13-4-5-23(20,21)9-13/h1-3,7,10,13H,4-6,8-9H2/t10-,13-/m0/s1. The van der Waals surface area contributed by atoms with Crippen LogP contribution in [0.2, 0.25) is 5.02 Å². The molecule has 0 N–H and O–H groups in total. The molecule has 1 aromatic rings. The first-order chi connectivity index (χ1) is 10.8. The molecular weight excluding hydrogens is 342 g/mol. The van der Waals surface area contributed by atoms with Crippen molar-refractivity contribution in [2.75, 3.05) is 23.0 Å². The van der Waals surface area contributed by atoms with Crippen molar-refractivity contribution in [3.05, 3.63) is 29.3 Å². The van der Waals surface area contributed by atoms with Gasteiger partial charge in [0.05, 0.1) is 17.4 Å². The maximum atomic E-state index is 12.2. The van der Waals surface area contributed by atoms with E-state index in [0.717, 1.165) is 0 Å². The van der Waals surface area contributed by atoms with Gasteiger partial charge in [0, 0.05) is 23.7 Å². The molecule has 2 saturated heterocycles. The Labute approximate surface area is 139 Å². The minimum Gasteiger partial charge on any atom is -0.461 e. The Hall–Kier alpha value is -1.60. The van der Waals surface area contributed by atoms with E-state index in [1.807, 2.05) is 0 Å². The summed E-state index contributed by atoms with van der Waals surface area (Å²) in [5.74, 6) is -1.34. The van der Waals surface area contributed by atoms with Gasteiger partial charge in [-0.25, -0.2) is 8.42 Å². The zero-order valence-corrected chi connectivity index (χ0v) is 13.8. The van der Waals surface area contributed by atoms with E-state index in [2.05, 4.69) is 0 Å². The summed E-state index contributed by atoms with van der Waals surface area (Å²) < 4.78 is 28.1. The topological polar surface area (TPSA) is 80.8 Å². The highest BCUT2D eigenvalue weighted by atomic mass is 35.5. The summed E-state index contributed by atoms with van der Waals surface area (Å²) in [5.41, 5.74) is 0.640. The van der Waals surface area contributed by atoms with Crippen LogP contribution < -0.4 is 4.90 Å². The monoisotopic (exact) mass is 357 g/mol. The first-order valence-electron chi connectivity index (χ1n) is 7.31. The normalized spacial score (nSPS) is 26.5. The molecule has 1 amide bonds. The summed E-state index contributed by atoms with van der Waals surface area (Å²) in [6, 6.07) is 6.86. The van der Waals surface area contributed by atoms with Crippen molar-refractivity contribution in [3.8, 4) is 0 Å². The summed E-state index contributed by atoms with van der Waals surface area (Å²) in [5, 5.41) is 0.512. The largest absolute Gasteiger partial charge is 0.461 e. The third-order valence-electron chi connectivity index (χ3n) is 4.05. The number of esters is 1. The highest BCUT2D eigenvalue weighted by Crippen LogP contribution is 2.28. The third kappa shape index (κ3) is 3.67. The van der Waals surface area contributed by atoms with E-state index in [1.54, 1.807) is 24.3 Å². The fourth-order valence-electron chi connectivity index (χ4n) is 2.87. The minimum atomic E-state index is -3.10. The fourth-order valence-corrected chi connectivity index (χ4v) is 4.65. The molecule has 3 rings (SSSR count). The number of benzene rings is 1. The van der Waals surface area contributed by atoms with Crippen molar-refractivity contribution >= 4 is 39.0 Å². The molecule has 23 heavy (non-hydrogen) atoms. The van der Waals surface area contributed by atoms with Crippen molar-refractivity contribution < 1.29 is 22.7 Å². The number of carbonyl (C=O) groups excluding carboxylic acids is 2. The molecule has 0 spiro atoms. The van der Waals surface area contributed by atoms with Crippen LogP contribution >= 0.6 is 11.6 Å². The zero-order chi connectivity index (χ0) is 16.6. The van der Waals surface area contributed by atoms with E-state index in [-0.39, 0.29) is 30.4 Å². The second-order valence-corrected chi connectivity index (χ2v) is 8.51. The van der Waals surface area contributed by atoms with Crippen LogP contribution in [0.15, 0.2) is 24.3 Å². The number of ether oxygens (including phenoxy) is 1. The lowest BCUT2D eigenvalue weighted by Gasteiger charge is -2.17. The molecule has 0 saturated carbocycles. The zero-order valence-electron chi connectivity index (χ0n) is 12.3. The van der Waals surface area contributed by atoms with Crippen LogP contribution in [-0.4, -0.2) is 44.4 Å². The lowest BCUT2D eigenvalue weighted by atomic mass is 10.1. The molecule has 0 unspecified atom stereocenters. The van der Waals surface area contributed by atoms with Crippen LogP contribution in [0.3, 0.4) is 0 Å². The van der Waals surface area contributed by atoms with Crippen molar-refractivity contribution in [2.45, 2.75) is 18.9 Å². The summed E-state index contributed by atoms with van der Waals surface area (Å²) in [6.07, 6.45) is -0.208. The number of hydrogen-bond acceptors (Lipinski definition) is 5. The van der Waals surface area contributed by atoms with Gasteiger partial charge < -0.3 is 9.64 Å². The van der Waals surface area contributed by atoms with Gasteiger partial charge in [0.2, 0.25) is 5.91 Å².